The minimum atomic E-state index is -0.785. The molecule has 4 rings (SSSR count). The van der Waals surface area contributed by atoms with Crippen LogP contribution in [0.15, 0.2) is 24.3 Å². The van der Waals surface area contributed by atoms with Crippen molar-refractivity contribution in [3.8, 4) is 11.8 Å². The third-order valence-corrected chi connectivity index (χ3v) is 6.13. The fraction of sp³-hybridized carbons (Fsp3) is 0.478. The number of fused-ring (bicyclic) bond motifs is 1. The fourth-order valence-electron chi connectivity index (χ4n) is 4.15. The first-order valence-corrected chi connectivity index (χ1v) is 10.9. The summed E-state index contributed by atoms with van der Waals surface area (Å²) in [6, 6.07) is 7.73. The van der Waals surface area contributed by atoms with Crippen molar-refractivity contribution in [2.24, 2.45) is 11.8 Å². The molecular formula is C23H27N5O4. The largest absolute Gasteiger partial charge is 0.496 e. The molecule has 1 aliphatic carbocycles. The number of ether oxygens (including phenoxy) is 1. The molecule has 32 heavy (non-hydrogen) atoms. The highest BCUT2D eigenvalue weighted by molar-refractivity contribution is 6.01. The zero-order valence-corrected chi connectivity index (χ0v) is 17.9. The Morgan fingerprint density at radius 3 is 2.72 bits per heavy atom. The molecule has 9 heteroatoms. The first-order valence-electron chi connectivity index (χ1n) is 10.9. The van der Waals surface area contributed by atoms with Crippen molar-refractivity contribution in [1.29, 1.82) is 5.26 Å². The molecular weight excluding hydrogens is 410 g/mol. The van der Waals surface area contributed by atoms with E-state index >= 15 is 0 Å². The second-order valence-electron chi connectivity index (χ2n) is 8.51. The Morgan fingerprint density at radius 1 is 1.25 bits per heavy atom. The minimum absolute atomic E-state index is 0.0865. The van der Waals surface area contributed by atoms with E-state index in [0.717, 1.165) is 23.7 Å². The maximum absolute atomic E-state index is 13.0. The van der Waals surface area contributed by atoms with Crippen LogP contribution in [0.25, 0.3) is 10.9 Å². The summed E-state index contributed by atoms with van der Waals surface area (Å²) in [5.74, 6) is -0.126. The number of amides is 3. The van der Waals surface area contributed by atoms with Gasteiger partial charge in [0.15, 0.2) is 0 Å². The van der Waals surface area contributed by atoms with E-state index in [4.69, 9.17) is 4.74 Å². The van der Waals surface area contributed by atoms with Gasteiger partial charge in [0.25, 0.3) is 5.91 Å². The summed E-state index contributed by atoms with van der Waals surface area (Å²) in [6.07, 6.45) is 3.47. The van der Waals surface area contributed by atoms with Gasteiger partial charge in [-0.25, -0.2) is 0 Å². The first kappa shape index (κ1) is 21.7. The summed E-state index contributed by atoms with van der Waals surface area (Å²) in [4.78, 5) is 40.8. The maximum atomic E-state index is 13.0. The van der Waals surface area contributed by atoms with E-state index in [1.54, 1.807) is 13.2 Å². The number of carbonyl (C=O) groups excluding carboxylic acids is 3. The SMILES string of the molecule is COc1cccc2[nH]c(C(=O)NC(CC3CC3)C(=O)NC(C#N)CC3CCNC3=O)cc12. The van der Waals surface area contributed by atoms with E-state index in [1.807, 2.05) is 18.2 Å². The lowest BCUT2D eigenvalue weighted by Gasteiger charge is -2.21. The molecule has 1 aromatic carbocycles. The monoisotopic (exact) mass is 437 g/mol. The van der Waals surface area contributed by atoms with E-state index in [-0.39, 0.29) is 18.2 Å². The van der Waals surface area contributed by atoms with Gasteiger partial charge < -0.3 is 25.7 Å². The Labute approximate surface area is 185 Å². The predicted molar refractivity (Wildman–Crippen MR) is 117 cm³/mol. The second kappa shape index (κ2) is 9.30. The van der Waals surface area contributed by atoms with Crippen LogP contribution in [-0.4, -0.2) is 48.4 Å². The molecule has 1 saturated heterocycles. The summed E-state index contributed by atoms with van der Waals surface area (Å²) in [7, 11) is 1.57. The van der Waals surface area contributed by atoms with E-state index in [9.17, 15) is 19.6 Å². The van der Waals surface area contributed by atoms with Crippen LogP contribution in [-0.2, 0) is 9.59 Å². The number of hydrogen-bond acceptors (Lipinski definition) is 5. The van der Waals surface area contributed by atoms with Gasteiger partial charge >= 0.3 is 0 Å². The molecule has 2 heterocycles. The van der Waals surface area contributed by atoms with E-state index in [0.29, 0.717) is 36.7 Å². The number of aromatic nitrogens is 1. The molecule has 4 N–H and O–H groups in total. The molecule has 3 unspecified atom stereocenters. The Bertz CT molecular complexity index is 1070. The maximum Gasteiger partial charge on any atom is 0.268 e. The number of rotatable bonds is 9. The van der Waals surface area contributed by atoms with Crippen molar-refractivity contribution in [2.45, 2.75) is 44.2 Å². The Morgan fingerprint density at radius 2 is 2.06 bits per heavy atom. The van der Waals surface area contributed by atoms with E-state index < -0.39 is 23.9 Å². The number of nitrogens with one attached hydrogen (secondary N) is 4. The number of carbonyl (C=O) groups is 3. The Balaban J connectivity index is 1.44. The molecule has 9 nitrogen and oxygen atoms in total. The normalized spacial score (nSPS) is 19.6. The third kappa shape index (κ3) is 4.85. The molecule has 1 saturated carbocycles. The minimum Gasteiger partial charge on any atom is -0.496 e. The summed E-state index contributed by atoms with van der Waals surface area (Å²) in [5, 5.41) is 18.6. The van der Waals surface area contributed by atoms with Gasteiger partial charge in [0.1, 0.15) is 23.5 Å². The number of nitrogens with zero attached hydrogens (tertiary/aromatic N) is 1. The lowest BCUT2D eigenvalue weighted by molar-refractivity contribution is -0.125. The van der Waals surface area contributed by atoms with Gasteiger partial charge in [-0.05, 0) is 43.4 Å². The van der Waals surface area contributed by atoms with Crippen molar-refractivity contribution in [3.05, 3.63) is 30.0 Å². The average Bonchev–Trinajstić information content (AvgIpc) is 3.35. The van der Waals surface area contributed by atoms with Gasteiger partial charge in [-0.2, -0.15) is 5.26 Å². The number of aromatic amines is 1. The zero-order chi connectivity index (χ0) is 22.7. The molecule has 0 spiro atoms. The Kier molecular flexibility index (Phi) is 6.30. The van der Waals surface area contributed by atoms with Crippen molar-refractivity contribution in [1.82, 2.24) is 20.9 Å². The molecule has 168 valence electrons. The fourth-order valence-corrected chi connectivity index (χ4v) is 4.15. The van der Waals surface area contributed by atoms with Crippen LogP contribution < -0.4 is 20.7 Å². The van der Waals surface area contributed by atoms with Crippen LogP contribution in [0.5, 0.6) is 5.75 Å². The smallest absolute Gasteiger partial charge is 0.268 e. The number of nitriles is 1. The number of methoxy groups -OCH3 is 1. The van der Waals surface area contributed by atoms with Crippen LogP contribution >= 0.6 is 0 Å². The van der Waals surface area contributed by atoms with Gasteiger partial charge in [-0.15, -0.1) is 0 Å². The molecule has 3 amide bonds. The van der Waals surface area contributed by atoms with Crippen LogP contribution in [0.2, 0.25) is 0 Å². The van der Waals surface area contributed by atoms with Crippen molar-refractivity contribution < 1.29 is 19.1 Å². The average molecular weight is 438 g/mol. The molecule has 0 radical (unpaired) electrons. The molecule has 2 fully saturated rings. The molecule has 0 bridgehead atoms. The highest BCUT2D eigenvalue weighted by atomic mass is 16.5. The zero-order valence-electron chi connectivity index (χ0n) is 17.9. The van der Waals surface area contributed by atoms with Crippen molar-refractivity contribution >= 4 is 28.6 Å². The topological polar surface area (TPSA) is 136 Å². The Hall–Kier alpha value is -3.54. The van der Waals surface area contributed by atoms with E-state index in [2.05, 4.69) is 27.0 Å². The number of hydrogen-bond donors (Lipinski definition) is 4. The van der Waals surface area contributed by atoms with Crippen molar-refractivity contribution in [2.75, 3.05) is 13.7 Å². The van der Waals surface area contributed by atoms with Gasteiger partial charge in [-0.3, -0.25) is 14.4 Å². The summed E-state index contributed by atoms with van der Waals surface area (Å²) in [5.41, 5.74) is 1.09. The molecule has 3 atom stereocenters. The lowest BCUT2D eigenvalue weighted by atomic mass is 9.98. The molecule has 1 aromatic heterocycles. The van der Waals surface area contributed by atoms with Crippen molar-refractivity contribution in [3.63, 3.8) is 0 Å². The number of H-pyrrole nitrogens is 1. The van der Waals surface area contributed by atoms with Gasteiger partial charge in [0, 0.05) is 23.4 Å². The highest BCUT2D eigenvalue weighted by Gasteiger charge is 2.33. The van der Waals surface area contributed by atoms with Crippen LogP contribution in [0.3, 0.4) is 0 Å². The molecule has 2 aliphatic rings. The second-order valence-corrected chi connectivity index (χ2v) is 8.51. The number of benzene rings is 1. The van der Waals surface area contributed by atoms with Crippen LogP contribution in [0, 0.1) is 23.2 Å². The quantitative estimate of drug-likeness (QED) is 0.472. The standard InChI is InChI=1S/C23H27N5O4/c1-32-20-4-2-3-17-16(20)11-19(27-17)23(31)28-18(9-13-5-6-13)22(30)26-15(12-24)10-14-7-8-25-21(14)29/h2-4,11,13-15,18,27H,5-10H2,1H3,(H,25,29)(H,26,30)(H,28,31). The van der Waals surface area contributed by atoms with Gasteiger partial charge in [0.2, 0.25) is 11.8 Å². The predicted octanol–water partition coefficient (Wildman–Crippen LogP) is 1.61. The summed E-state index contributed by atoms with van der Waals surface area (Å²) < 4.78 is 5.34. The molecule has 2 aromatic rings. The van der Waals surface area contributed by atoms with E-state index in [1.165, 1.54) is 0 Å². The first-order chi connectivity index (χ1) is 15.5. The van der Waals surface area contributed by atoms with Crippen LogP contribution in [0.4, 0.5) is 0 Å². The van der Waals surface area contributed by atoms with Gasteiger partial charge in [-0.1, -0.05) is 18.9 Å². The summed E-state index contributed by atoms with van der Waals surface area (Å²) in [6.45, 7) is 0.589. The van der Waals surface area contributed by atoms with Gasteiger partial charge in [0.05, 0.1) is 13.2 Å². The van der Waals surface area contributed by atoms with Crippen LogP contribution in [0.1, 0.15) is 42.6 Å². The summed E-state index contributed by atoms with van der Waals surface area (Å²) >= 11 is 0. The third-order valence-electron chi connectivity index (χ3n) is 6.13. The molecule has 1 aliphatic heterocycles. The lowest BCUT2D eigenvalue weighted by Crippen LogP contribution is -2.50. The highest BCUT2D eigenvalue weighted by Crippen LogP contribution is 2.34.